The molecule has 10 nitrogen and oxygen atoms in total. The average molecular weight is 1060 g/mol. The summed E-state index contributed by atoms with van der Waals surface area (Å²) >= 11 is 0. The standard InChI is InChI=1S/C40H70N10.10ClH/c1-13-41-19-21-43-17-3-25-47(27-23-45-15-1)33-37-5-9-39(10-6-37)35-49-29-31-50(32-30-49)36-40-11-7-38(8-12-40)34-48-26-4-18-44-22-20-42-14-2-16-46-24-28-48;;;;;;;;;;/h5-12,41-46H,1-4,13-36H2;10*1H. The van der Waals surface area contributed by atoms with E-state index in [9.17, 15) is 0 Å². The van der Waals surface area contributed by atoms with Crippen LogP contribution in [0.4, 0.5) is 0 Å². The monoisotopic (exact) mass is 1050 g/mol. The number of hydrogen-bond donors (Lipinski definition) is 6. The molecule has 3 fully saturated rings. The first-order valence-electron chi connectivity index (χ1n) is 20.1. The quantitative estimate of drug-likeness (QED) is 0.191. The Hall–Kier alpha value is 0.940. The smallest absolute Gasteiger partial charge is 0.0234 e. The maximum Gasteiger partial charge on any atom is 0.0234 e. The SMILES string of the molecule is Cl.Cl.Cl.Cl.Cl.Cl.Cl.Cl.Cl.Cl.c1cc(CN2CCN(Cc3ccc(CN4CCCNCCNCCCNCC4)cc3)CC2)ccc1CN1CCCNCCNCCCNCC1. The zero-order valence-electron chi connectivity index (χ0n) is 35.3. The van der Waals surface area contributed by atoms with E-state index in [1.54, 1.807) is 0 Å². The molecule has 5 rings (SSSR count). The first-order valence-corrected chi connectivity index (χ1v) is 20.1. The fraction of sp³-hybridized carbons (Fsp3) is 0.700. The van der Waals surface area contributed by atoms with Crippen LogP contribution in [0.5, 0.6) is 0 Å². The Morgan fingerprint density at radius 1 is 0.250 bits per heavy atom. The van der Waals surface area contributed by atoms with Gasteiger partial charge in [0.05, 0.1) is 0 Å². The van der Waals surface area contributed by atoms with Gasteiger partial charge in [0.2, 0.25) is 0 Å². The Labute approximate surface area is 426 Å². The van der Waals surface area contributed by atoms with Crippen molar-refractivity contribution in [2.24, 2.45) is 0 Å². The maximum atomic E-state index is 3.64. The van der Waals surface area contributed by atoms with Gasteiger partial charge in [-0.25, -0.2) is 0 Å². The lowest BCUT2D eigenvalue weighted by atomic mass is 10.1. The molecule has 0 aromatic heterocycles. The molecule has 3 heterocycles. The van der Waals surface area contributed by atoms with Crippen molar-refractivity contribution in [2.45, 2.75) is 51.9 Å². The highest BCUT2D eigenvalue weighted by atomic mass is 35.5. The highest BCUT2D eigenvalue weighted by Gasteiger charge is 2.18. The van der Waals surface area contributed by atoms with Gasteiger partial charge >= 0.3 is 0 Å². The van der Waals surface area contributed by atoms with Gasteiger partial charge in [-0.05, 0) is 100 Å². The van der Waals surface area contributed by atoms with Gasteiger partial charge in [0.25, 0.3) is 0 Å². The van der Waals surface area contributed by atoms with Gasteiger partial charge in [0, 0.05) is 105 Å². The predicted molar refractivity (Wildman–Crippen MR) is 282 cm³/mol. The van der Waals surface area contributed by atoms with Crippen LogP contribution in [-0.4, -0.2) is 150 Å². The van der Waals surface area contributed by atoms with Gasteiger partial charge in [-0.3, -0.25) is 19.6 Å². The molecule has 2 aromatic carbocycles. The van der Waals surface area contributed by atoms with E-state index in [0.717, 1.165) is 157 Å². The highest BCUT2D eigenvalue weighted by molar-refractivity contribution is 5.86. The molecule has 6 N–H and O–H groups in total. The summed E-state index contributed by atoms with van der Waals surface area (Å²) in [5.41, 5.74) is 5.73. The molecule has 0 unspecified atom stereocenters. The van der Waals surface area contributed by atoms with Crippen molar-refractivity contribution in [2.75, 3.05) is 131 Å². The topological polar surface area (TPSA) is 85.1 Å². The fourth-order valence-corrected chi connectivity index (χ4v) is 7.29. The minimum Gasteiger partial charge on any atom is -0.315 e. The van der Waals surface area contributed by atoms with Crippen LogP contribution < -0.4 is 31.9 Å². The molecule has 60 heavy (non-hydrogen) atoms. The lowest BCUT2D eigenvalue weighted by Gasteiger charge is -2.34. The van der Waals surface area contributed by atoms with E-state index < -0.39 is 0 Å². The second kappa shape index (κ2) is 46.5. The van der Waals surface area contributed by atoms with Crippen LogP contribution in [0, 0.1) is 0 Å². The van der Waals surface area contributed by atoms with Crippen LogP contribution in [0.1, 0.15) is 47.9 Å². The van der Waals surface area contributed by atoms with Gasteiger partial charge in [-0.15, -0.1) is 124 Å². The molecule has 0 saturated carbocycles. The molecule has 0 atom stereocenters. The molecule has 0 spiro atoms. The van der Waals surface area contributed by atoms with Gasteiger partial charge in [0.15, 0.2) is 0 Å². The van der Waals surface area contributed by atoms with Crippen LogP contribution in [0.2, 0.25) is 0 Å². The fourth-order valence-electron chi connectivity index (χ4n) is 7.29. The molecule has 20 heteroatoms. The van der Waals surface area contributed by atoms with Crippen molar-refractivity contribution in [3.8, 4) is 0 Å². The van der Waals surface area contributed by atoms with Crippen molar-refractivity contribution in [1.82, 2.24) is 51.5 Å². The van der Waals surface area contributed by atoms with Crippen molar-refractivity contribution >= 4 is 124 Å². The average Bonchev–Trinajstić information content (AvgIpc) is 3.14. The first-order chi connectivity index (χ1) is 24.8. The second-order valence-corrected chi connectivity index (χ2v) is 14.7. The van der Waals surface area contributed by atoms with Gasteiger partial charge in [-0.2, -0.15) is 0 Å². The summed E-state index contributed by atoms with van der Waals surface area (Å²) < 4.78 is 0. The van der Waals surface area contributed by atoms with Crippen LogP contribution in [0.3, 0.4) is 0 Å². The Bertz CT molecular complexity index is 1040. The van der Waals surface area contributed by atoms with E-state index >= 15 is 0 Å². The lowest BCUT2D eigenvalue weighted by Crippen LogP contribution is -2.45. The van der Waals surface area contributed by atoms with Crippen molar-refractivity contribution < 1.29 is 0 Å². The minimum atomic E-state index is 0. The molecule has 0 bridgehead atoms. The zero-order valence-corrected chi connectivity index (χ0v) is 43.5. The third-order valence-electron chi connectivity index (χ3n) is 10.4. The number of nitrogens with zero attached hydrogens (tertiary/aromatic N) is 4. The van der Waals surface area contributed by atoms with Crippen molar-refractivity contribution in [1.29, 1.82) is 0 Å². The molecule has 2 aromatic rings. The molecular weight excluding hydrogens is 975 g/mol. The third-order valence-corrected chi connectivity index (χ3v) is 10.4. The Morgan fingerprint density at radius 2 is 0.467 bits per heavy atom. The van der Waals surface area contributed by atoms with Crippen molar-refractivity contribution in [3.63, 3.8) is 0 Å². The Kier molecular flexibility index (Phi) is 56.2. The molecule has 3 aliphatic rings. The Morgan fingerprint density at radius 3 is 0.733 bits per heavy atom. The van der Waals surface area contributed by atoms with E-state index in [0.29, 0.717) is 0 Å². The predicted octanol–water partition coefficient (Wildman–Crippen LogP) is 5.95. The van der Waals surface area contributed by atoms with Crippen LogP contribution in [0.25, 0.3) is 0 Å². The number of piperazine rings is 1. The summed E-state index contributed by atoms with van der Waals surface area (Å²) in [6.07, 6.45) is 4.78. The number of halogens is 10. The molecule has 360 valence electrons. The molecule has 0 aliphatic carbocycles. The molecule has 3 saturated heterocycles. The van der Waals surface area contributed by atoms with E-state index in [2.05, 4.69) is 100 Å². The summed E-state index contributed by atoms with van der Waals surface area (Å²) in [6.45, 7) is 26.2. The normalized spacial score (nSPS) is 18.7. The van der Waals surface area contributed by atoms with Gasteiger partial charge in [-0.1, -0.05) is 48.5 Å². The largest absolute Gasteiger partial charge is 0.315 e. The Balaban J connectivity index is -0.000000729. The summed E-state index contributed by atoms with van der Waals surface area (Å²) in [7, 11) is 0. The third kappa shape index (κ3) is 31.8. The summed E-state index contributed by atoms with van der Waals surface area (Å²) in [5, 5.41) is 21.5. The summed E-state index contributed by atoms with van der Waals surface area (Å²) in [5.74, 6) is 0. The summed E-state index contributed by atoms with van der Waals surface area (Å²) in [4.78, 5) is 10.5. The molecule has 0 amide bonds. The van der Waals surface area contributed by atoms with E-state index in [1.165, 1.54) is 47.9 Å². The molecular formula is C40H80Cl10N10. The number of hydrogen-bond acceptors (Lipinski definition) is 10. The lowest BCUT2D eigenvalue weighted by molar-refractivity contribution is 0.122. The highest BCUT2D eigenvalue weighted by Crippen LogP contribution is 2.15. The number of nitrogens with one attached hydrogen (secondary N) is 6. The maximum absolute atomic E-state index is 3.64. The molecule has 0 radical (unpaired) electrons. The number of benzene rings is 2. The van der Waals surface area contributed by atoms with Gasteiger partial charge in [0.1, 0.15) is 0 Å². The second-order valence-electron chi connectivity index (χ2n) is 14.7. The van der Waals surface area contributed by atoms with E-state index in [-0.39, 0.29) is 124 Å². The zero-order chi connectivity index (χ0) is 34.3. The van der Waals surface area contributed by atoms with E-state index in [1.807, 2.05) is 0 Å². The van der Waals surface area contributed by atoms with Crippen LogP contribution in [-0.2, 0) is 26.2 Å². The van der Waals surface area contributed by atoms with E-state index in [4.69, 9.17) is 0 Å². The van der Waals surface area contributed by atoms with Crippen molar-refractivity contribution in [3.05, 3.63) is 70.8 Å². The summed E-state index contributed by atoms with van der Waals surface area (Å²) in [6, 6.07) is 18.9. The van der Waals surface area contributed by atoms with Gasteiger partial charge < -0.3 is 31.9 Å². The van der Waals surface area contributed by atoms with Crippen LogP contribution in [0.15, 0.2) is 48.5 Å². The minimum absolute atomic E-state index is 0. The first kappa shape index (κ1) is 72.5. The molecule has 3 aliphatic heterocycles. The van der Waals surface area contributed by atoms with Crippen LogP contribution >= 0.6 is 124 Å². The number of rotatable bonds is 8.